The summed E-state index contributed by atoms with van der Waals surface area (Å²) in [6.07, 6.45) is 0.780. The van der Waals surface area contributed by atoms with Gasteiger partial charge in [0, 0.05) is 25.7 Å². The van der Waals surface area contributed by atoms with E-state index in [0.717, 1.165) is 26.1 Å². The lowest BCUT2D eigenvalue weighted by Crippen LogP contribution is -2.54. The highest BCUT2D eigenvalue weighted by Crippen LogP contribution is 2.14. The molecule has 0 unspecified atom stereocenters. The van der Waals surface area contributed by atoms with Crippen molar-refractivity contribution in [2.45, 2.75) is 45.8 Å². The Labute approximate surface area is 92.0 Å². The fourth-order valence-corrected chi connectivity index (χ4v) is 1.69. The van der Waals surface area contributed by atoms with Crippen LogP contribution in [0.3, 0.4) is 0 Å². The Morgan fingerprint density at radius 2 is 2.20 bits per heavy atom. The van der Waals surface area contributed by atoms with E-state index in [1.54, 1.807) is 0 Å². The van der Waals surface area contributed by atoms with E-state index in [4.69, 9.17) is 4.74 Å². The van der Waals surface area contributed by atoms with E-state index in [0.29, 0.717) is 0 Å². The van der Waals surface area contributed by atoms with Crippen molar-refractivity contribution in [3.05, 3.63) is 0 Å². The van der Waals surface area contributed by atoms with E-state index in [1.165, 1.54) is 0 Å². The Kier molecular flexibility index (Phi) is 3.97. The quantitative estimate of drug-likeness (QED) is 0.721. The van der Waals surface area contributed by atoms with Gasteiger partial charge in [0.15, 0.2) is 0 Å². The molecule has 0 bridgehead atoms. The minimum atomic E-state index is -0.403. The molecule has 0 aromatic carbocycles. The lowest BCUT2D eigenvalue weighted by atomic mass is 10.1. The zero-order chi connectivity index (χ0) is 11.5. The molecule has 1 saturated heterocycles. The second-order valence-electron chi connectivity index (χ2n) is 4.94. The summed E-state index contributed by atoms with van der Waals surface area (Å²) < 4.78 is 5.37. The lowest BCUT2D eigenvalue weighted by Gasteiger charge is -2.36. The van der Waals surface area contributed by atoms with Crippen LogP contribution < -0.4 is 5.32 Å². The fourth-order valence-electron chi connectivity index (χ4n) is 1.69. The van der Waals surface area contributed by atoms with Crippen LogP contribution >= 0.6 is 0 Å². The second kappa shape index (κ2) is 4.84. The number of carbonyl (C=O) groups excluding carboxylic acids is 1. The maximum Gasteiger partial charge on any atom is 0.410 e. The monoisotopic (exact) mass is 214 g/mol. The Morgan fingerprint density at radius 3 is 2.73 bits per heavy atom. The van der Waals surface area contributed by atoms with Crippen molar-refractivity contribution in [3.8, 4) is 0 Å². The summed E-state index contributed by atoms with van der Waals surface area (Å²) in [7, 11) is 0. The number of piperazine rings is 1. The van der Waals surface area contributed by atoms with Crippen molar-refractivity contribution in [2.24, 2.45) is 0 Å². The first-order valence-electron chi connectivity index (χ1n) is 5.64. The van der Waals surface area contributed by atoms with Crippen molar-refractivity contribution in [1.29, 1.82) is 0 Å². The minimum absolute atomic E-state index is 0.184. The number of ether oxygens (including phenoxy) is 1. The molecule has 4 heteroatoms. The molecule has 1 aliphatic rings. The zero-order valence-electron chi connectivity index (χ0n) is 10.2. The molecule has 0 aliphatic carbocycles. The first-order valence-corrected chi connectivity index (χ1v) is 5.64. The van der Waals surface area contributed by atoms with Gasteiger partial charge in [-0.1, -0.05) is 6.92 Å². The summed E-state index contributed by atoms with van der Waals surface area (Å²) in [5, 5.41) is 3.28. The smallest absolute Gasteiger partial charge is 0.410 e. The van der Waals surface area contributed by atoms with E-state index in [9.17, 15) is 4.79 Å². The topological polar surface area (TPSA) is 41.6 Å². The lowest BCUT2D eigenvalue weighted by molar-refractivity contribution is 0.0117. The zero-order valence-corrected chi connectivity index (χ0v) is 10.2. The third-order valence-corrected chi connectivity index (χ3v) is 2.45. The first-order chi connectivity index (χ1) is 6.94. The standard InChI is InChI=1S/C11H22N2O2/c1-5-9-8-12-6-7-13(9)10(14)15-11(2,3)4/h9,12H,5-8H2,1-4H3/t9-/m1/s1. The molecule has 1 amide bonds. The summed E-state index contributed by atoms with van der Waals surface area (Å²) in [5.41, 5.74) is -0.403. The van der Waals surface area contributed by atoms with Crippen LogP contribution in [0.2, 0.25) is 0 Å². The SMILES string of the molecule is CC[C@@H]1CNCCN1C(=O)OC(C)(C)C. The molecule has 88 valence electrons. The molecule has 1 aliphatic heterocycles. The Hall–Kier alpha value is -0.770. The van der Waals surface area contributed by atoms with Crippen LogP contribution in [0.1, 0.15) is 34.1 Å². The number of hydrogen-bond donors (Lipinski definition) is 1. The van der Waals surface area contributed by atoms with Gasteiger partial charge in [-0.3, -0.25) is 0 Å². The molecular weight excluding hydrogens is 192 g/mol. The summed E-state index contributed by atoms with van der Waals surface area (Å²) in [5.74, 6) is 0. The van der Waals surface area contributed by atoms with E-state index in [2.05, 4.69) is 12.2 Å². The van der Waals surface area contributed by atoms with E-state index < -0.39 is 5.60 Å². The predicted molar refractivity (Wildman–Crippen MR) is 59.9 cm³/mol. The number of amides is 1. The predicted octanol–water partition coefficient (Wildman–Crippen LogP) is 1.61. The minimum Gasteiger partial charge on any atom is -0.444 e. The summed E-state index contributed by atoms with van der Waals surface area (Å²) >= 11 is 0. The highest BCUT2D eigenvalue weighted by molar-refractivity contribution is 5.68. The first kappa shape index (κ1) is 12.3. The Morgan fingerprint density at radius 1 is 1.53 bits per heavy atom. The van der Waals surface area contributed by atoms with Crippen molar-refractivity contribution >= 4 is 6.09 Å². The normalized spacial score (nSPS) is 22.7. The number of nitrogens with one attached hydrogen (secondary N) is 1. The van der Waals surface area contributed by atoms with E-state index in [1.807, 2.05) is 25.7 Å². The fraction of sp³-hybridized carbons (Fsp3) is 0.909. The molecule has 0 radical (unpaired) electrons. The molecule has 1 fully saturated rings. The Balaban J connectivity index is 2.56. The Bertz CT molecular complexity index is 223. The van der Waals surface area contributed by atoms with Crippen molar-refractivity contribution < 1.29 is 9.53 Å². The molecule has 0 aromatic heterocycles. The average Bonchev–Trinajstić information content (AvgIpc) is 2.15. The van der Waals surface area contributed by atoms with Gasteiger partial charge in [0.2, 0.25) is 0 Å². The molecule has 1 atom stereocenters. The maximum absolute atomic E-state index is 11.9. The van der Waals surface area contributed by atoms with Crippen LogP contribution in [0.15, 0.2) is 0 Å². The largest absolute Gasteiger partial charge is 0.444 e. The number of carbonyl (C=O) groups is 1. The van der Waals surface area contributed by atoms with Gasteiger partial charge in [-0.15, -0.1) is 0 Å². The highest BCUT2D eigenvalue weighted by atomic mass is 16.6. The number of rotatable bonds is 1. The average molecular weight is 214 g/mol. The van der Waals surface area contributed by atoms with Crippen LogP contribution in [-0.2, 0) is 4.74 Å². The van der Waals surface area contributed by atoms with Crippen LogP contribution in [0.25, 0.3) is 0 Å². The van der Waals surface area contributed by atoms with Crippen molar-refractivity contribution in [3.63, 3.8) is 0 Å². The molecule has 0 aromatic rings. The van der Waals surface area contributed by atoms with Gasteiger partial charge in [0.25, 0.3) is 0 Å². The van der Waals surface area contributed by atoms with Gasteiger partial charge in [-0.2, -0.15) is 0 Å². The maximum atomic E-state index is 11.9. The third kappa shape index (κ3) is 3.70. The molecule has 0 saturated carbocycles. The number of nitrogens with zero attached hydrogens (tertiary/aromatic N) is 1. The van der Waals surface area contributed by atoms with Gasteiger partial charge in [0.1, 0.15) is 5.60 Å². The van der Waals surface area contributed by atoms with Gasteiger partial charge in [0.05, 0.1) is 0 Å². The van der Waals surface area contributed by atoms with Gasteiger partial charge in [-0.05, 0) is 27.2 Å². The van der Waals surface area contributed by atoms with Gasteiger partial charge in [-0.25, -0.2) is 4.79 Å². The highest BCUT2D eigenvalue weighted by Gasteiger charge is 2.28. The molecule has 1 heterocycles. The third-order valence-electron chi connectivity index (χ3n) is 2.45. The van der Waals surface area contributed by atoms with Crippen LogP contribution in [0.5, 0.6) is 0 Å². The van der Waals surface area contributed by atoms with Crippen LogP contribution in [-0.4, -0.2) is 42.3 Å². The van der Waals surface area contributed by atoms with Crippen molar-refractivity contribution in [2.75, 3.05) is 19.6 Å². The molecule has 1 rings (SSSR count). The van der Waals surface area contributed by atoms with Crippen LogP contribution in [0.4, 0.5) is 4.79 Å². The summed E-state index contributed by atoms with van der Waals surface area (Å²) in [6, 6.07) is 0.272. The van der Waals surface area contributed by atoms with Gasteiger partial charge >= 0.3 is 6.09 Å². The van der Waals surface area contributed by atoms with Gasteiger partial charge < -0.3 is 15.0 Å². The summed E-state index contributed by atoms with van der Waals surface area (Å²) in [4.78, 5) is 13.7. The van der Waals surface area contributed by atoms with Crippen molar-refractivity contribution in [1.82, 2.24) is 10.2 Å². The molecule has 1 N–H and O–H groups in total. The molecule has 4 nitrogen and oxygen atoms in total. The molecule has 0 spiro atoms. The van der Waals surface area contributed by atoms with E-state index in [-0.39, 0.29) is 12.1 Å². The summed E-state index contributed by atoms with van der Waals surface area (Å²) in [6.45, 7) is 10.3. The molecular formula is C11H22N2O2. The van der Waals surface area contributed by atoms with Crippen LogP contribution in [0, 0.1) is 0 Å². The van der Waals surface area contributed by atoms with E-state index >= 15 is 0 Å². The molecule has 15 heavy (non-hydrogen) atoms. The number of hydrogen-bond acceptors (Lipinski definition) is 3. The second-order valence-corrected chi connectivity index (χ2v) is 4.94.